The maximum Gasteiger partial charge on any atom is 0.243 e. The Balaban J connectivity index is 1.85. The van der Waals surface area contributed by atoms with Gasteiger partial charge in [0, 0.05) is 32.6 Å². The number of nitrogens with one attached hydrogen (secondary N) is 1. The average molecular weight is 446 g/mol. The summed E-state index contributed by atoms with van der Waals surface area (Å²) in [4.78, 5) is 15.0. The van der Waals surface area contributed by atoms with Gasteiger partial charge in [-0.3, -0.25) is 4.79 Å². The third-order valence-electron chi connectivity index (χ3n) is 5.42. The highest BCUT2D eigenvalue weighted by Crippen LogP contribution is 2.31. The number of ether oxygens (including phenoxy) is 1. The molecule has 2 aromatic carbocycles. The highest BCUT2D eigenvalue weighted by atomic mass is 32.2. The Morgan fingerprint density at radius 1 is 1.06 bits per heavy atom. The first-order valence-electron chi connectivity index (χ1n) is 10.8. The molecule has 1 fully saturated rings. The third-order valence-corrected chi connectivity index (χ3v) is 7.47. The number of rotatable bonds is 9. The number of benzene rings is 2. The van der Waals surface area contributed by atoms with Gasteiger partial charge in [0.2, 0.25) is 15.9 Å². The molecule has 1 amide bonds. The zero-order valence-corrected chi connectivity index (χ0v) is 19.0. The van der Waals surface area contributed by atoms with Crippen molar-refractivity contribution in [3.05, 3.63) is 54.1 Å². The predicted molar refractivity (Wildman–Crippen MR) is 123 cm³/mol. The number of hydrogen-bond acceptors (Lipinski definition) is 5. The van der Waals surface area contributed by atoms with Crippen molar-refractivity contribution in [2.24, 2.45) is 0 Å². The molecule has 1 heterocycles. The van der Waals surface area contributed by atoms with Crippen LogP contribution in [0, 0.1) is 0 Å². The summed E-state index contributed by atoms with van der Waals surface area (Å²) >= 11 is 0. The number of carbonyl (C=O) groups excluding carboxylic acids is 1. The Hall–Kier alpha value is -2.42. The Morgan fingerprint density at radius 3 is 2.39 bits per heavy atom. The summed E-state index contributed by atoms with van der Waals surface area (Å²) in [6, 6.07) is 14.8. The van der Waals surface area contributed by atoms with Gasteiger partial charge in [0.05, 0.1) is 29.5 Å². The lowest BCUT2D eigenvalue weighted by Gasteiger charge is -2.31. The normalized spacial score (nSPS) is 14.6. The standard InChI is InChI=1S/C23H31N3O4S/c1-3-26(4-2)31(28,29)20-11-12-22(25-14-16-30-17-15-25)21(18-20)24-23(27)13-10-19-8-6-5-7-9-19/h5-9,11-12,18H,3-4,10,13-17H2,1-2H3,(H,24,27). The van der Waals surface area contributed by atoms with Crippen LogP contribution in [0.5, 0.6) is 0 Å². The van der Waals surface area contributed by atoms with E-state index in [0.29, 0.717) is 57.9 Å². The number of aryl methyl sites for hydroxylation is 1. The van der Waals surface area contributed by atoms with Gasteiger partial charge in [-0.15, -0.1) is 0 Å². The SMILES string of the molecule is CCN(CC)S(=O)(=O)c1ccc(N2CCOCC2)c(NC(=O)CCc2ccccc2)c1. The zero-order valence-electron chi connectivity index (χ0n) is 18.2. The molecule has 7 nitrogen and oxygen atoms in total. The summed E-state index contributed by atoms with van der Waals surface area (Å²) in [5, 5.41) is 2.96. The number of carbonyl (C=O) groups is 1. The first kappa shape index (κ1) is 23.2. The van der Waals surface area contributed by atoms with Gasteiger partial charge in [0.1, 0.15) is 0 Å². The van der Waals surface area contributed by atoms with E-state index in [-0.39, 0.29) is 10.8 Å². The first-order chi connectivity index (χ1) is 15.0. The lowest BCUT2D eigenvalue weighted by atomic mass is 10.1. The molecule has 31 heavy (non-hydrogen) atoms. The van der Waals surface area contributed by atoms with Crippen LogP contribution in [0.1, 0.15) is 25.8 Å². The largest absolute Gasteiger partial charge is 0.378 e. The first-order valence-corrected chi connectivity index (χ1v) is 12.2. The predicted octanol–water partition coefficient (Wildman–Crippen LogP) is 3.13. The molecule has 1 aliphatic heterocycles. The van der Waals surface area contributed by atoms with Crippen molar-refractivity contribution >= 4 is 27.3 Å². The molecule has 1 N–H and O–H groups in total. The molecule has 0 unspecified atom stereocenters. The molecule has 0 bridgehead atoms. The smallest absolute Gasteiger partial charge is 0.243 e. The Kier molecular flexibility index (Phi) is 8.06. The van der Waals surface area contributed by atoms with Gasteiger partial charge in [-0.1, -0.05) is 44.2 Å². The summed E-state index contributed by atoms with van der Waals surface area (Å²) in [5.41, 5.74) is 2.42. The zero-order chi connectivity index (χ0) is 22.3. The van der Waals surface area contributed by atoms with E-state index in [1.807, 2.05) is 44.2 Å². The molecular weight excluding hydrogens is 414 g/mol. The highest BCUT2D eigenvalue weighted by molar-refractivity contribution is 7.89. The van der Waals surface area contributed by atoms with E-state index in [1.54, 1.807) is 18.2 Å². The highest BCUT2D eigenvalue weighted by Gasteiger charge is 2.24. The van der Waals surface area contributed by atoms with E-state index in [0.717, 1.165) is 11.3 Å². The summed E-state index contributed by atoms with van der Waals surface area (Å²) in [6.07, 6.45) is 0.941. The van der Waals surface area contributed by atoms with Gasteiger partial charge in [-0.2, -0.15) is 4.31 Å². The lowest BCUT2D eigenvalue weighted by molar-refractivity contribution is -0.116. The lowest BCUT2D eigenvalue weighted by Crippen LogP contribution is -2.37. The van der Waals surface area contributed by atoms with Gasteiger partial charge in [0.25, 0.3) is 0 Å². The van der Waals surface area contributed by atoms with Crippen molar-refractivity contribution in [3.8, 4) is 0 Å². The quantitative estimate of drug-likeness (QED) is 0.642. The van der Waals surface area contributed by atoms with Crippen LogP contribution in [-0.4, -0.2) is 58.0 Å². The van der Waals surface area contributed by atoms with Crippen LogP contribution in [0.15, 0.2) is 53.4 Å². The Morgan fingerprint density at radius 2 is 1.74 bits per heavy atom. The van der Waals surface area contributed by atoms with Crippen LogP contribution in [0.3, 0.4) is 0 Å². The Labute approximate surface area is 185 Å². The van der Waals surface area contributed by atoms with Crippen LogP contribution >= 0.6 is 0 Å². The van der Waals surface area contributed by atoms with Crippen LogP contribution in [0.2, 0.25) is 0 Å². The number of morpholine rings is 1. The fourth-order valence-electron chi connectivity index (χ4n) is 3.68. The second kappa shape index (κ2) is 10.7. The van der Waals surface area contributed by atoms with Crippen molar-refractivity contribution < 1.29 is 17.9 Å². The minimum Gasteiger partial charge on any atom is -0.378 e. The fourth-order valence-corrected chi connectivity index (χ4v) is 5.17. The van der Waals surface area contributed by atoms with E-state index in [1.165, 1.54) is 4.31 Å². The number of sulfonamides is 1. The maximum absolute atomic E-state index is 13.0. The summed E-state index contributed by atoms with van der Waals surface area (Å²) < 4.78 is 32.9. The number of amides is 1. The number of hydrogen-bond donors (Lipinski definition) is 1. The molecule has 1 saturated heterocycles. The van der Waals surface area contributed by atoms with Crippen molar-refractivity contribution in [1.82, 2.24) is 4.31 Å². The van der Waals surface area contributed by atoms with E-state index < -0.39 is 10.0 Å². The van der Waals surface area contributed by atoms with Crippen LogP contribution in [0.25, 0.3) is 0 Å². The molecular formula is C23H31N3O4S. The molecule has 0 spiro atoms. The Bertz CT molecular complexity index is 970. The molecule has 0 radical (unpaired) electrons. The molecule has 0 aromatic heterocycles. The molecule has 0 saturated carbocycles. The molecule has 3 rings (SSSR count). The van der Waals surface area contributed by atoms with Gasteiger partial charge < -0.3 is 15.0 Å². The maximum atomic E-state index is 13.0. The minimum atomic E-state index is -3.62. The van der Waals surface area contributed by atoms with Gasteiger partial charge >= 0.3 is 0 Å². The molecule has 2 aromatic rings. The van der Waals surface area contributed by atoms with Gasteiger partial charge in [-0.25, -0.2) is 8.42 Å². The summed E-state index contributed by atoms with van der Waals surface area (Å²) in [6.45, 7) is 6.99. The molecule has 0 atom stereocenters. The molecule has 0 aliphatic carbocycles. The van der Waals surface area contributed by atoms with Crippen LogP contribution in [-0.2, 0) is 26.0 Å². The second-order valence-corrected chi connectivity index (χ2v) is 9.34. The topological polar surface area (TPSA) is 79.0 Å². The van der Waals surface area contributed by atoms with E-state index in [2.05, 4.69) is 10.2 Å². The van der Waals surface area contributed by atoms with E-state index in [4.69, 9.17) is 4.74 Å². The number of anilines is 2. The van der Waals surface area contributed by atoms with E-state index in [9.17, 15) is 13.2 Å². The van der Waals surface area contributed by atoms with Crippen molar-refractivity contribution in [2.45, 2.75) is 31.6 Å². The van der Waals surface area contributed by atoms with Crippen molar-refractivity contribution in [2.75, 3.05) is 49.6 Å². The van der Waals surface area contributed by atoms with Gasteiger partial charge in [-0.05, 0) is 30.2 Å². The third kappa shape index (κ3) is 5.84. The molecule has 8 heteroatoms. The monoisotopic (exact) mass is 445 g/mol. The average Bonchev–Trinajstić information content (AvgIpc) is 2.79. The fraction of sp³-hybridized carbons (Fsp3) is 0.435. The molecule has 1 aliphatic rings. The summed E-state index contributed by atoms with van der Waals surface area (Å²) in [7, 11) is -3.62. The van der Waals surface area contributed by atoms with Crippen LogP contribution < -0.4 is 10.2 Å². The van der Waals surface area contributed by atoms with Crippen LogP contribution in [0.4, 0.5) is 11.4 Å². The van der Waals surface area contributed by atoms with Gasteiger partial charge in [0.15, 0.2) is 0 Å². The number of nitrogens with zero attached hydrogens (tertiary/aromatic N) is 2. The van der Waals surface area contributed by atoms with Crippen molar-refractivity contribution in [3.63, 3.8) is 0 Å². The van der Waals surface area contributed by atoms with Crippen molar-refractivity contribution in [1.29, 1.82) is 0 Å². The minimum absolute atomic E-state index is 0.143. The summed E-state index contributed by atoms with van der Waals surface area (Å²) in [5.74, 6) is -0.143. The van der Waals surface area contributed by atoms with E-state index >= 15 is 0 Å². The molecule has 168 valence electrons. The second-order valence-electron chi connectivity index (χ2n) is 7.40.